The van der Waals surface area contributed by atoms with Gasteiger partial charge in [-0.25, -0.2) is 4.79 Å². The summed E-state index contributed by atoms with van der Waals surface area (Å²) >= 11 is 0. The molecule has 4 aliphatic rings. The smallest absolute Gasteiger partial charge is 0.393 e. The molecule has 4 saturated carbocycles. The molecule has 4 aliphatic carbocycles. The Kier molecular flexibility index (Phi) is 7.98. The van der Waals surface area contributed by atoms with E-state index in [1.807, 2.05) is 6.92 Å². The van der Waals surface area contributed by atoms with Gasteiger partial charge in [0, 0.05) is 25.6 Å². The Labute approximate surface area is 207 Å². The van der Waals surface area contributed by atoms with Crippen LogP contribution < -0.4 is 5.32 Å². The number of hydrogen-bond donors (Lipinski definition) is 2. The number of nitrogens with one attached hydrogen (secondary N) is 1. The summed E-state index contributed by atoms with van der Waals surface area (Å²) in [6.45, 7) is 14.1. The predicted octanol–water partition coefficient (Wildman–Crippen LogP) is 5.45. The second kappa shape index (κ2) is 10.5. The van der Waals surface area contributed by atoms with Crippen molar-refractivity contribution in [2.45, 2.75) is 98.5 Å². The van der Waals surface area contributed by atoms with Crippen LogP contribution in [0.3, 0.4) is 0 Å². The van der Waals surface area contributed by atoms with E-state index in [0.717, 1.165) is 55.8 Å². The minimum Gasteiger partial charge on any atom is -0.393 e. The van der Waals surface area contributed by atoms with Gasteiger partial charge >= 0.3 is 6.09 Å². The fraction of sp³-hybridized carbons (Fsp3) is 0.929. The standard InChI is InChI=1S/C28H49N3O3/c1-6-29-16-17-31(7-2)26(33)34-30-19(3)23-10-11-24-22-9-8-20-18-21(32)12-14-27(20,4)25(22)13-15-28(23,24)5/h20-25,29,32H,6-18H2,1-5H3/b30-19+/t20-,21+,22-,23+,24-,25-,27-,28+/m0/s1. The van der Waals surface area contributed by atoms with Crippen LogP contribution >= 0.6 is 0 Å². The molecule has 0 heterocycles. The molecule has 0 radical (unpaired) electrons. The fourth-order valence-corrected chi connectivity index (χ4v) is 8.92. The molecule has 0 unspecified atom stereocenters. The van der Waals surface area contributed by atoms with Gasteiger partial charge in [0.1, 0.15) is 0 Å². The van der Waals surface area contributed by atoms with Crippen molar-refractivity contribution in [3.8, 4) is 0 Å². The van der Waals surface area contributed by atoms with Gasteiger partial charge in [-0.3, -0.25) is 4.84 Å². The molecule has 34 heavy (non-hydrogen) atoms. The molecule has 0 aromatic rings. The lowest BCUT2D eigenvalue weighted by atomic mass is 9.44. The van der Waals surface area contributed by atoms with Gasteiger partial charge in [-0.1, -0.05) is 25.9 Å². The van der Waals surface area contributed by atoms with Gasteiger partial charge in [-0.15, -0.1) is 0 Å². The molecule has 0 spiro atoms. The Bertz CT molecular complexity index is 757. The van der Waals surface area contributed by atoms with E-state index in [4.69, 9.17) is 4.84 Å². The van der Waals surface area contributed by atoms with Gasteiger partial charge in [-0.05, 0) is 113 Å². The highest BCUT2D eigenvalue weighted by molar-refractivity contribution is 5.85. The first kappa shape index (κ1) is 25.9. The number of carbonyl (C=O) groups is 1. The SMILES string of the molecule is CCNCCN(CC)C(=O)O/N=C(\C)[C@H]1CC[C@H]2[C@@H]3CC[C@H]4C[C@H](O)CC[C@]4(C)[C@H]3CC[C@]12C. The molecule has 0 aliphatic heterocycles. The third-order valence-electron chi connectivity index (χ3n) is 10.9. The molecule has 4 rings (SSSR count). The highest BCUT2D eigenvalue weighted by Crippen LogP contribution is 2.67. The molecule has 4 fully saturated rings. The van der Waals surface area contributed by atoms with Gasteiger partial charge in [-0.2, -0.15) is 0 Å². The number of oxime groups is 1. The minimum atomic E-state index is -0.339. The summed E-state index contributed by atoms with van der Waals surface area (Å²) in [5, 5.41) is 18.0. The molecule has 8 atom stereocenters. The molecule has 6 nitrogen and oxygen atoms in total. The number of likely N-dealkylation sites (N-methyl/N-ethyl adjacent to an activating group) is 2. The van der Waals surface area contributed by atoms with Crippen molar-refractivity contribution >= 4 is 11.8 Å². The van der Waals surface area contributed by atoms with Crippen molar-refractivity contribution in [3.05, 3.63) is 0 Å². The maximum atomic E-state index is 12.6. The lowest BCUT2D eigenvalue weighted by Gasteiger charge is -2.61. The maximum Gasteiger partial charge on any atom is 0.436 e. The highest BCUT2D eigenvalue weighted by atomic mass is 16.7. The Morgan fingerprint density at radius 3 is 2.53 bits per heavy atom. The van der Waals surface area contributed by atoms with Gasteiger partial charge in [0.15, 0.2) is 0 Å². The lowest BCUT2D eigenvalue weighted by molar-refractivity contribution is -0.123. The molecule has 0 bridgehead atoms. The number of rotatable bonds is 7. The quantitative estimate of drug-likeness (QED) is 0.222. The summed E-state index contributed by atoms with van der Waals surface area (Å²) in [5.74, 6) is 3.46. The monoisotopic (exact) mass is 475 g/mol. The van der Waals surface area contributed by atoms with E-state index in [0.29, 0.717) is 30.3 Å². The van der Waals surface area contributed by atoms with Crippen molar-refractivity contribution in [2.75, 3.05) is 26.2 Å². The van der Waals surface area contributed by atoms with E-state index in [-0.39, 0.29) is 17.6 Å². The van der Waals surface area contributed by atoms with Crippen LogP contribution in [0, 0.1) is 40.4 Å². The predicted molar refractivity (Wildman–Crippen MR) is 137 cm³/mol. The molecule has 0 aromatic carbocycles. The fourth-order valence-electron chi connectivity index (χ4n) is 8.92. The van der Waals surface area contributed by atoms with E-state index in [1.54, 1.807) is 4.90 Å². The number of aliphatic hydroxyl groups is 1. The molecule has 6 heteroatoms. The van der Waals surface area contributed by atoms with Crippen LogP contribution in [0.1, 0.15) is 92.4 Å². The van der Waals surface area contributed by atoms with Crippen molar-refractivity contribution in [1.29, 1.82) is 0 Å². The van der Waals surface area contributed by atoms with Crippen molar-refractivity contribution in [1.82, 2.24) is 10.2 Å². The van der Waals surface area contributed by atoms with Crippen LogP contribution in [0.25, 0.3) is 0 Å². The van der Waals surface area contributed by atoms with E-state index < -0.39 is 0 Å². The Morgan fingerprint density at radius 2 is 1.79 bits per heavy atom. The number of amides is 1. The summed E-state index contributed by atoms with van der Waals surface area (Å²) in [6, 6.07) is 0. The van der Waals surface area contributed by atoms with Crippen molar-refractivity contribution in [2.24, 2.45) is 45.6 Å². The summed E-state index contributed by atoms with van der Waals surface area (Å²) < 4.78 is 0. The average Bonchev–Trinajstić information content (AvgIpc) is 3.18. The molecule has 0 aromatic heterocycles. The number of carbonyl (C=O) groups excluding carboxylic acids is 1. The average molecular weight is 476 g/mol. The summed E-state index contributed by atoms with van der Waals surface area (Å²) in [4.78, 5) is 19.7. The summed E-state index contributed by atoms with van der Waals surface area (Å²) in [6.07, 6.45) is 10.4. The molecule has 2 N–H and O–H groups in total. The second-order valence-corrected chi connectivity index (χ2v) is 12.3. The maximum absolute atomic E-state index is 12.6. The zero-order valence-corrected chi connectivity index (χ0v) is 22.3. The van der Waals surface area contributed by atoms with Crippen LogP contribution in [0.4, 0.5) is 4.79 Å². The Hall–Kier alpha value is -1.14. The van der Waals surface area contributed by atoms with E-state index in [9.17, 15) is 9.90 Å². The van der Waals surface area contributed by atoms with Gasteiger partial charge in [0.25, 0.3) is 0 Å². The van der Waals surface area contributed by atoms with E-state index in [2.05, 4.69) is 38.2 Å². The van der Waals surface area contributed by atoms with Crippen LogP contribution in [-0.2, 0) is 4.84 Å². The normalized spacial score (nSPS) is 41.9. The zero-order valence-electron chi connectivity index (χ0n) is 22.3. The van der Waals surface area contributed by atoms with Gasteiger partial charge in [0.05, 0.1) is 11.8 Å². The number of aliphatic hydroxyl groups excluding tert-OH is 1. The number of fused-ring (bicyclic) bond motifs is 5. The van der Waals surface area contributed by atoms with Gasteiger partial charge in [0.2, 0.25) is 0 Å². The summed E-state index contributed by atoms with van der Waals surface area (Å²) in [7, 11) is 0. The molecular formula is C28H49N3O3. The van der Waals surface area contributed by atoms with Crippen LogP contribution in [0.15, 0.2) is 5.16 Å². The van der Waals surface area contributed by atoms with Crippen molar-refractivity contribution < 1.29 is 14.7 Å². The third kappa shape index (κ3) is 4.66. The first-order valence-corrected chi connectivity index (χ1v) is 14.1. The zero-order chi connectivity index (χ0) is 24.5. The largest absolute Gasteiger partial charge is 0.436 e. The molecule has 1 amide bonds. The van der Waals surface area contributed by atoms with Crippen LogP contribution in [0.5, 0.6) is 0 Å². The Morgan fingerprint density at radius 1 is 1.06 bits per heavy atom. The first-order chi connectivity index (χ1) is 16.2. The Balaban J connectivity index is 1.42. The molecule has 0 saturated heterocycles. The minimum absolute atomic E-state index is 0.0764. The lowest BCUT2D eigenvalue weighted by Crippen LogP contribution is -2.54. The number of hydrogen-bond acceptors (Lipinski definition) is 5. The van der Waals surface area contributed by atoms with Crippen LogP contribution in [0.2, 0.25) is 0 Å². The van der Waals surface area contributed by atoms with E-state index >= 15 is 0 Å². The molecule has 194 valence electrons. The first-order valence-electron chi connectivity index (χ1n) is 14.1. The highest BCUT2D eigenvalue weighted by Gasteiger charge is 2.60. The summed E-state index contributed by atoms with van der Waals surface area (Å²) in [5.41, 5.74) is 1.67. The topological polar surface area (TPSA) is 74.2 Å². The van der Waals surface area contributed by atoms with Gasteiger partial charge < -0.3 is 15.3 Å². The van der Waals surface area contributed by atoms with Crippen molar-refractivity contribution in [3.63, 3.8) is 0 Å². The van der Waals surface area contributed by atoms with Crippen LogP contribution in [-0.4, -0.2) is 54.1 Å². The third-order valence-corrected chi connectivity index (χ3v) is 10.9. The number of nitrogens with zero attached hydrogens (tertiary/aromatic N) is 2. The molecular weight excluding hydrogens is 426 g/mol. The van der Waals surface area contributed by atoms with E-state index in [1.165, 1.54) is 38.5 Å². The second-order valence-electron chi connectivity index (χ2n) is 12.3.